The van der Waals surface area contributed by atoms with Crippen molar-refractivity contribution in [1.29, 1.82) is 0 Å². The molecule has 1 unspecified atom stereocenters. The number of nitrogens with one attached hydrogen (secondary N) is 1. The van der Waals surface area contributed by atoms with E-state index in [0.717, 1.165) is 38.4 Å². The van der Waals surface area contributed by atoms with Gasteiger partial charge in [0.2, 0.25) is 5.91 Å². The fourth-order valence-electron chi connectivity index (χ4n) is 5.83. The first-order valence-corrected chi connectivity index (χ1v) is 15.2. The number of aromatic amines is 1. The summed E-state index contributed by atoms with van der Waals surface area (Å²) < 4.78 is 44.2. The van der Waals surface area contributed by atoms with Crippen LogP contribution in [0.5, 0.6) is 5.75 Å². The van der Waals surface area contributed by atoms with Crippen molar-refractivity contribution in [1.82, 2.24) is 29.6 Å². The summed E-state index contributed by atoms with van der Waals surface area (Å²) in [6, 6.07) is 11.6. The van der Waals surface area contributed by atoms with Crippen LogP contribution in [0.1, 0.15) is 12.6 Å². The van der Waals surface area contributed by atoms with E-state index < -0.39 is 11.6 Å². The van der Waals surface area contributed by atoms with E-state index in [4.69, 9.17) is 19.6 Å². The average molecular weight is 627 g/mol. The van der Waals surface area contributed by atoms with Crippen molar-refractivity contribution in [2.24, 2.45) is 0 Å². The van der Waals surface area contributed by atoms with Gasteiger partial charge in [-0.15, -0.1) is 11.3 Å². The summed E-state index contributed by atoms with van der Waals surface area (Å²) in [5.74, 6) is -1.68. The molecule has 0 saturated heterocycles. The average Bonchev–Trinajstić information content (AvgIpc) is 3.79. The molecule has 12 heteroatoms. The third-order valence-corrected chi connectivity index (χ3v) is 8.91. The zero-order valence-electron chi connectivity index (χ0n) is 24.5. The highest BCUT2D eigenvalue weighted by Crippen LogP contribution is 2.47. The lowest BCUT2D eigenvalue weighted by molar-refractivity contribution is -0.129. The Hall–Kier alpha value is -4.94. The minimum Gasteiger partial charge on any atom is -0.490 e. The molecule has 7 rings (SSSR count). The number of pyridine rings is 1. The van der Waals surface area contributed by atoms with Crippen LogP contribution in [-0.4, -0.2) is 61.9 Å². The van der Waals surface area contributed by atoms with Gasteiger partial charge in [-0.05, 0) is 42.6 Å². The summed E-state index contributed by atoms with van der Waals surface area (Å²) in [6.45, 7) is 6.71. The summed E-state index contributed by atoms with van der Waals surface area (Å²) in [6.07, 6.45) is 2.94. The molecule has 1 aliphatic heterocycles. The number of carbonyl (C=O) groups excluding carboxylic acids is 1. The predicted molar refractivity (Wildman–Crippen MR) is 169 cm³/mol. The number of H-pyrrole nitrogens is 1. The van der Waals surface area contributed by atoms with Gasteiger partial charge in [0.1, 0.15) is 35.4 Å². The standard InChI is InChI=1S/C33H28F2N6O3S/c1-4-28(42)40-16-21-14-26(39-41(21)15-18(40)2)32-30(29-23(35)12-20(34)13-27(29)44-9-8-43-3)33-22(7-10-45-33)31(38-32)19-5-6-24-25(11-19)37-17-36-24/h4-7,10-14,17-18H,1,8-9,15-16H2,2-3H3,(H,36,37). The number of rotatable bonds is 8. The highest BCUT2D eigenvalue weighted by atomic mass is 32.1. The molecule has 2 aromatic carbocycles. The highest BCUT2D eigenvalue weighted by molar-refractivity contribution is 7.18. The molecule has 1 N–H and O–H groups in total. The largest absolute Gasteiger partial charge is 0.490 e. The third kappa shape index (κ3) is 5.05. The van der Waals surface area contributed by atoms with Crippen molar-refractivity contribution in [2.75, 3.05) is 20.3 Å². The number of imidazole rings is 1. The number of hydrogen-bond donors (Lipinski definition) is 1. The lowest BCUT2D eigenvalue weighted by Gasteiger charge is -2.33. The second kappa shape index (κ2) is 11.5. The predicted octanol–water partition coefficient (Wildman–Crippen LogP) is 6.59. The maximum absolute atomic E-state index is 16.0. The number of ether oxygens (including phenoxy) is 2. The Kier molecular flexibility index (Phi) is 7.38. The third-order valence-electron chi connectivity index (χ3n) is 7.98. The first-order valence-electron chi connectivity index (χ1n) is 14.3. The second-order valence-corrected chi connectivity index (χ2v) is 11.7. The van der Waals surface area contributed by atoms with E-state index in [0.29, 0.717) is 35.7 Å². The Balaban J connectivity index is 1.49. The summed E-state index contributed by atoms with van der Waals surface area (Å²) in [7, 11) is 1.53. The summed E-state index contributed by atoms with van der Waals surface area (Å²) in [5.41, 5.74) is 5.40. The van der Waals surface area contributed by atoms with Crippen LogP contribution in [0.15, 0.2) is 66.8 Å². The molecule has 4 aromatic heterocycles. The number of nitrogens with zero attached hydrogens (tertiary/aromatic N) is 5. The second-order valence-electron chi connectivity index (χ2n) is 10.8. The molecule has 0 spiro atoms. The molecule has 0 bridgehead atoms. The topological polar surface area (TPSA) is 98.2 Å². The van der Waals surface area contributed by atoms with Crippen molar-refractivity contribution >= 4 is 38.4 Å². The lowest BCUT2D eigenvalue weighted by atomic mass is 9.96. The number of amides is 1. The molecular weight excluding hydrogens is 598 g/mol. The Morgan fingerprint density at radius 3 is 2.84 bits per heavy atom. The Bertz CT molecular complexity index is 2100. The van der Waals surface area contributed by atoms with Crippen molar-refractivity contribution in [3.63, 3.8) is 0 Å². The van der Waals surface area contributed by atoms with E-state index in [1.54, 1.807) is 11.2 Å². The van der Waals surface area contributed by atoms with E-state index in [1.807, 2.05) is 47.3 Å². The molecule has 0 aliphatic carbocycles. The molecule has 0 fully saturated rings. The maximum Gasteiger partial charge on any atom is 0.246 e. The maximum atomic E-state index is 16.0. The van der Waals surface area contributed by atoms with Gasteiger partial charge in [-0.2, -0.15) is 5.10 Å². The zero-order valence-corrected chi connectivity index (χ0v) is 25.3. The fraction of sp³-hybridized carbons (Fsp3) is 0.212. The van der Waals surface area contributed by atoms with Crippen LogP contribution in [0.3, 0.4) is 0 Å². The first kappa shape index (κ1) is 28.8. The van der Waals surface area contributed by atoms with Gasteiger partial charge in [-0.3, -0.25) is 9.48 Å². The van der Waals surface area contributed by atoms with Gasteiger partial charge in [-0.1, -0.05) is 12.6 Å². The van der Waals surface area contributed by atoms with Crippen molar-refractivity contribution < 1.29 is 23.0 Å². The molecule has 9 nitrogen and oxygen atoms in total. The zero-order chi connectivity index (χ0) is 31.2. The number of fused-ring (bicyclic) bond motifs is 3. The van der Waals surface area contributed by atoms with Gasteiger partial charge < -0.3 is 19.4 Å². The molecule has 1 aliphatic rings. The quantitative estimate of drug-likeness (QED) is 0.151. The van der Waals surface area contributed by atoms with Gasteiger partial charge in [0.25, 0.3) is 0 Å². The fourth-order valence-corrected chi connectivity index (χ4v) is 6.78. The van der Waals surface area contributed by atoms with E-state index >= 15 is 4.39 Å². The molecule has 6 aromatic rings. The molecule has 0 radical (unpaired) electrons. The monoisotopic (exact) mass is 626 g/mol. The highest BCUT2D eigenvalue weighted by Gasteiger charge is 2.30. The molecule has 1 amide bonds. The normalized spacial score (nSPS) is 14.7. The van der Waals surface area contributed by atoms with E-state index in [1.165, 1.54) is 30.6 Å². The Morgan fingerprint density at radius 1 is 1.16 bits per heavy atom. The van der Waals surface area contributed by atoms with Crippen LogP contribution in [-0.2, 0) is 22.6 Å². The van der Waals surface area contributed by atoms with Crippen LogP contribution in [0.2, 0.25) is 0 Å². The van der Waals surface area contributed by atoms with Gasteiger partial charge in [0, 0.05) is 46.5 Å². The minimum atomic E-state index is -0.785. The van der Waals surface area contributed by atoms with Crippen molar-refractivity contribution in [3.05, 3.63) is 84.2 Å². The van der Waals surface area contributed by atoms with Crippen molar-refractivity contribution in [2.45, 2.75) is 26.1 Å². The van der Waals surface area contributed by atoms with Crippen LogP contribution < -0.4 is 4.74 Å². The van der Waals surface area contributed by atoms with E-state index in [2.05, 4.69) is 16.5 Å². The van der Waals surface area contributed by atoms with Crippen molar-refractivity contribution in [3.8, 4) is 39.5 Å². The van der Waals surface area contributed by atoms with Gasteiger partial charge in [0.05, 0.1) is 54.0 Å². The number of hydrogen-bond acceptors (Lipinski definition) is 7. The Labute approximate surface area is 260 Å². The smallest absolute Gasteiger partial charge is 0.246 e. The SMILES string of the molecule is C=CC(=O)N1Cc2cc(-c3nc(-c4ccc5nc[nH]c5c4)c4ccsc4c3-c3c(F)cc(F)cc3OCCOC)nn2CC1C. The molecule has 0 saturated carbocycles. The van der Waals surface area contributed by atoms with Crippen LogP contribution in [0.25, 0.3) is 54.9 Å². The number of benzene rings is 2. The Morgan fingerprint density at radius 2 is 2.02 bits per heavy atom. The summed E-state index contributed by atoms with van der Waals surface area (Å²) >= 11 is 1.42. The lowest BCUT2D eigenvalue weighted by Crippen LogP contribution is -2.44. The van der Waals surface area contributed by atoms with Gasteiger partial charge in [-0.25, -0.2) is 18.7 Å². The summed E-state index contributed by atoms with van der Waals surface area (Å²) in [5, 5.41) is 7.63. The molecular formula is C33H28F2N6O3S. The number of methoxy groups -OCH3 is 1. The van der Waals surface area contributed by atoms with Crippen LogP contribution >= 0.6 is 11.3 Å². The molecule has 228 valence electrons. The number of aromatic nitrogens is 5. The van der Waals surface area contributed by atoms with Crippen LogP contribution in [0, 0.1) is 11.6 Å². The number of thiophene rings is 1. The summed E-state index contributed by atoms with van der Waals surface area (Å²) in [4.78, 5) is 27.0. The molecule has 5 heterocycles. The van der Waals surface area contributed by atoms with Gasteiger partial charge >= 0.3 is 0 Å². The first-order chi connectivity index (χ1) is 21.9. The number of halogens is 2. The van der Waals surface area contributed by atoms with Gasteiger partial charge in [0.15, 0.2) is 0 Å². The minimum absolute atomic E-state index is 0.0364. The molecule has 1 atom stereocenters. The number of carbonyl (C=O) groups is 1. The van der Waals surface area contributed by atoms with E-state index in [-0.39, 0.29) is 36.5 Å². The van der Waals surface area contributed by atoms with E-state index in [9.17, 15) is 9.18 Å². The molecule has 45 heavy (non-hydrogen) atoms. The van der Waals surface area contributed by atoms with Crippen LogP contribution in [0.4, 0.5) is 8.78 Å².